The lowest BCUT2D eigenvalue weighted by molar-refractivity contribution is 0.577. The van der Waals surface area contributed by atoms with Crippen LogP contribution in [0.2, 0.25) is 0 Å². The molecule has 25 heavy (non-hydrogen) atoms. The van der Waals surface area contributed by atoms with E-state index in [1.807, 2.05) is 19.9 Å². The first-order valence-corrected chi connectivity index (χ1v) is 9.07. The summed E-state index contributed by atoms with van der Waals surface area (Å²) in [5, 5.41) is 4.35. The fourth-order valence-corrected chi connectivity index (χ4v) is 3.45. The largest absolute Gasteiger partial charge is 0.240 e. The normalized spacial score (nSPS) is 11.6. The van der Waals surface area contributed by atoms with Gasteiger partial charge >= 0.3 is 0 Å². The van der Waals surface area contributed by atoms with Gasteiger partial charge in [-0.1, -0.05) is 12.1 Å². The first kappa shape index (κ1) is 17.2. The van der Waals surface area contributed by atoms with Crippen molar-refractivity contribution in [3.05, 3.63) is 71.4 Å². The number of hydrogen-bond donors (Lipinski definition) is 1. The van der Waals surface area contributed by atoms with Crippen LogP contribution in [0.1, 0.15) is 17.0 Å². The fraction of sp³-hybridized carbons (Fsp3) is 0.176. The van der Waals surface area contributed by atoms with Crippen LogP contribution in [0.4, 0.5) is 4.39 Å². The van der Waals surface area contributed by atoms with Gasteiger partial charge in [-0.2, -0.15) is 5.10 Å². The molecule has 0 aliphatic carbocycles. The van der Waals surface area contributed by atoms with Crippen LogP contribution in [0.15, 0.2) is 53.6 Å². The van der Waals surface area contributed by atoms with E-state index in [-0.39, 0.29) is 11.4 Å². The lowest BCUT2D eigenvalue weighted by atomic mass is 10.3. The van der Waals surface area contributed by atoms with Crippen LogP contribution in [0.25, 0.3) is 5.82 Å². The van der Waals surface area contributed by atoms with Crippen molar-refractivity contribution in [2.45, 2.75) is 25.3 Å². The second-order valence-corrected chi connectivity index (χ2v) is 7.41. The van der Waals surface area contributed by atoms with Gasteiger partial charge in [-0.05, 0) is 49.7 Å². The molecule has 0 aliphatic heterocycles. The smallest absolute Gasteiger partial charge is 0.237 e. The van der Waals surface area contributed by atoms with Gasteiger partial charge in [0.05, 0.1) is 10.6 Å². The molecule has 0 atom stereocenters. The zero-order valence-corrected chi connectivity index (χ0v) is 14.6. The second kappa shape index (κ2) is 6.73. The van der Waals surface area contributed by atoms with Gasteiger partial charge in [0.2, 0.25) is 10.0 Å². The van der Waals surface area contributed by atoms with E-state index in [1.54, 1.807) is 23.0 Å². The van der Waals surface area contributed by atoms with Gasteiger partial charge in [-0.3, -0.25) is 0 Å². The SMILES string of the molecule is Cc1cc(C)n(-c2ccc(CNS(=O)(=O)c3cccc(F)c3)cn2)n1. The molecule has 0 aliphatic rings. The minimum absolute atomic E-state index is 0.0588. The van der Waals surface area contributed by atoms with E-state index in [0.29, 0.717) is 11.4 Å². The molecule has 3 rings (SSSR count). The van der Waals surface area contributed by atoms with Crippen molar-refractivity contribution in [3.63, 3.8) is 0 Å². The number of hydrogen-bond acceptors (Lipinski definition) is 4. The molecule has 6 nitrogen and oxygen atoms in total. The monoisotopic (exact) mass is 360 g/mol. The predicted octanol–water partition coefficient (Wildman–Crippen LogP) is 2.50. The highest BCUT2D eigenvalue weighted by molar-refractivity contribution is 7.89. The Kier molecular flexibility index (Phi) is 4.65. The van der Waals surface area contributed by atoms with E-state index in [2.05, 4.69) is 14.8 Å². The maximum Gasteiger partial charge on any atom is 0.240 e. The van der Waals surface area contributed by atoms with Crippen LogP contribution in [0, 0.1) is 19.7 Å². The summed E-state index contributed by atoms with van der Waals surface area (Å²) in [5.41, 5.74) is 2.54. The van der Waals surface area contributed by atoms with E-state index in [1.165, 1.54) is 18.2 Å². The molecule has 1 aromatic carbocycles. The standard InChI is InChI=1S/C17H17FN4O2S/c1-12-8-13(2)22(21-12)17-7-6-14(10-19-17)11-20-25(23,24)16-5-3-4-15(18)9-16/h3-10,20H,11H2,1-2H3. The molecule has 1 N–H and O–H groups in total. The zero-order valence-electron chi connectivity index (χ0n) is 13.8. The molecule has 0 radical (unpaired) electrons. The van der Waals surface area contributed by atoms with Gasteiger partial charge in [-0.25, -0.2) is 27.2 Å². The summed E-state index contributed by atoms with van der Waals surface area (Å²) < 4.78 is 41.7. The number of sulfonamides is 1. The van der Waals surface area contributed by atoms with E-state index in [4.69, 9.17) is 0 Å². The number of pyridine rings is 1. The first-order chi connectivity index (χ1) is 11.8. The quantitative estimate of drug-likeness (QED) is 0.758. The number of rotatable bonds is 5. The highest BCUT2D eigenvalue weighted by atomic mass is 32.2. The predicted molar refractivity (Wildman–Crippen MR) is 91.3 cm³/mol. The fourth-order valence-electron chi connectivity index (χ4n) is 2.40. The van der Waals surface area contributed by atoms with Gasteiger partial charge < -0.3 is 0 Å². The number of aromatic nitrogens is 3. The van der Waals surface area contributed by atoms with Gasteiger partial charge in [0, 0.05) is 18.4 Å². The van der Waals surface area contributed by atoms with Crippen molar-refractivity contribution in [1.29, 1.82) is 0 Å². The molecular formula is C17H17FN4O2S. The topological polar surface area (TPSA) is 76.9 Å². The first-order valence-electron chi connectivity index (χ1n) is 7.59. The van der Waals surface area contributed by atoms with Crippen LogP contribution < -0.4 is 4.72 Å². The Hall–Kier alpha value is -2.58. The lowest BCUT2D eigenvalue weighted by Crippen LogP contribution is -2.23. The average Bonchev–Trinajstić information content (AvgIpc) is 2.92. The van der Waals surface area contributed by atoms with Crippen LogP contribution in [-0.2, 0) is 16.6 Å². The Labute approximate surface area is 145 Å². The number of halogens is 1. The maximum atomic E-state index is 13.2. The summed E-state index contributed by atoms with van der Waals surface area (Å²) in [6.07, 6.45) is 1.58. The molecular weight excluding hydrogens is 343 g/mol. The number of nitrogens with one attached hydrogen (secondary N) is 1. The minimum Gasteiger partial charge on any atom is -0.237 e. The van der Waals surface area contributed by atoms with E-state index < -0.39 is 15.8 Å². The summed E-state index contributed by atoms with van der Waals surface area (Å²) in [6.45, 7) is 3.89. The highest BCUT2D eigenvalue weighted by Crippen LogP contribution is 2.13. The molecule has 2 heterocycles. The van der Waals surface area contributed by atoms with Crippen molar-refractivity contribution in [2.75, 3.05) is 0 Å². The van der Waals surface area contributed by atoms with Crippen LogP contribution in [0.3, 0.4) is 0 Å². The number of nitrogens with zero attached hydrogens (tertiary/aromatic N) is 3. The van der Waals surface area contributed by atoms with Crippen LogP contribution >= 0.6 is 0 Å². The third-order valence-corrected chi connectivity index (χ3v) is 5.01. The maximum absolute atomic E-state index is 13.2. The molecule has 0 fully saturated rings. The average molecular weight is 360 g/mol. The van der Waals surface area contributed by atoms with Crippen molar-refractivity contribution >= 4 is 10.0 Å². The van der Waals surface area contributed by atoms with E-state index in [0.717, 1.165) is 17.5 Å². The van der Waals surface area contributed by atoms with Crippen molar-refractivity contribution in [1.82, 2.24) is 19.5 Å². The third-order valence-electron chi connectivity index (χ3n) is 3.61. The molecule has 2 aromatic heterocycles. The van der Waals surface area contributed by atoms with Crippen molar-refractivity contribution in [3.8, 4) is 5.82 Å². The third kappa shape index (κ3) is 3.92. The molecule has 0 unspecified atom stereocenters. The van der Waals surface area contributed by atoms with Crippen LogP contribution in [-0.4, -0.2) is 23.2 Å². The van der Waals surface area contributed by atoms with Crippen molar-refractivity contribution in [2.24, 2.45) is 0 Å². The van der Waals surface area contributed by atoms with Crippen LogP contribution in [0.5, 0.6) is 0 Å². The molecule has 130 valence electrons. The highest BCUT2D eigenvalue weighted by Gasteiger charge is 2.14. The molecule has 0 amide bonds. The molecule has 0 spiro atoms. The zero-order chi connectivity index (χ0) is 18.0. The number of benzene rings is 1. The Bertz CT molecular complexity index is 998. The van der Waals surface area contributed by atoms with Gasteiger partial charge in [0.1, 0.15) is 5.82 Å². The second-order valence-electron chi connectivity index (χ2n) is 5.65. The van der Waals surface area contributed by atoms with E-state index in [9.17, 15) is 12.8 Å². The Balaban J connectivity index is 1.73. The summed E-state index contributed by atoms with van der Waals surface area (Å²) >= 11 is 0. The van der Waals surface area contributed by atoms with Crippen molar-refractivity contribution < 1.29 is 12.8 Å². The summed E-state index contributed by atoms with van der Waals surface area (Å²) in [6, 6.07) is 10.4. The molecule has 0 bridgehead atoms. The summed E-state index contributed by atoms with van der Waals surface area (Å²) in [4.78, 5) is 4.20. The molecule has 3 aromatic rings. The number of aryl methyl sites for hydroxylation is 2. The molecule has 8 heteroatoms. The van der Waals surface area contributed by atoms with E-state index >= 15 is 0 Å². The van der Waals surface area contributed by atoms with Gasteiger partial charge in [-0.15, -0.1) is 0 Å². The van der Waals surface area contributed by atoms with Gasteiger partial charge in [0.15, 0.2) is 5.82 Å². The summed E-state index contributed by atoms with van der Waals surface area (Å²) in [5.74, 6) is 0.0566. The molecule has 0 saturated carbocycles. The Morgan fingerprint density at radius 3 is 2.56 bits per heavy atom. The molecule has 0 saturated heterocycles. The minimum atomic E-state index is -3.78. The summed E-state index contributed by atoms with van der Waals surface area (Å²) in [7, 11) is -3.78. The lowest BCUT2D eigenvalue weighted by Gasteiger charge is -2.08. The Morgan fingerprint density at radius 2 is 1.96 bits per heavy atom. The Morgan fingerprint density at radius 1 is 1.16 bits per heavy atom. The van der Waals surface area contributed by atoms with Gasteiger partial charge in [0.25, 0.3) is 0 Å².